The molecule has 4 nitrogen and oxygen atoms in total. The van der Waals surface area contributed by atoms with Gasteiger partial charge in [-0.2, -0.15) is 0 Å². The van der Waals surface area contributed by atoms with E-state index in [1.54, 1.807) is 6.07 Å². The number of anilines is 2. The molecule has 0 radical (unpaired) electrons. The van der Waals surface area contributed by atoms with Crippen LogP contribution in [0.5, 0.6) is 5.75 Å². The molecule has 4 N–H and O–H groups in total. The normalized spacial score (nSPS) is 16.0. The number of hydrogen-bond donors (Lipinski definition) is 2. The third kappa shape index (κ3) is 1.42. The third-order valence-corrected chi connectivity index (χ3v) is 1.73. The van der Waals surface area contributed by atoms with Gasteiger partial charge in [0.2, 0.25) is 0 Å². The van der Waals surface area contributed by atoms with Crippen LogP contribution in [-0.4, -0.2) is 11.1 Å². The Morgan fingerprint density at radius 1 is 1.42 bits per heavy atom. The fraction of sp³-hybridized carbons (Fsp3) is 0.375. The molecule has 0 atom stereocenters. The highest BCUT2D eigenvalue weighted by Gasteiger charge is 2.24. The van der Waals surface area contributed by atoms with Crippen LogP contribution in [0, 0.1) is 0 Å². The van der Waals surface area contributed by atoms with Gasteiger partial charge in [-0.05, 0) is 12.8 Å². The number of ether oxygens (including phenoxy) is 1. The average Bonchev–Trinajstić information content (AvgIpc) is 2.81. The summed E-state index contributed by atoms with van der Waals surface area (Å²) in [5, 5.41) is 0. The zero-order valence-corrected chi connectivity index (χ0v) is 6.66. The highest BCUT2D eigenvalue weighted by Crippen LogP contribution is 2.30. The maximum atomic E-state index is 5.62. The molecule has 1 fully saturated rings. The van der Waals surface area contributed by atoms with Gasteiger partial charge < -0.3 is 16.2 Å². The van der Waals surface area contributed by atoms with E-state index in [0.29, 0.717) is 23.4 Å². The minimum absolute atomic E-state index is 0.342. The monoisotopic (exact) mass is 165 g/mol. The van der Waals surface area contributed by atoms with Crippen molar-refractivity contribution in [2.24, 2.45) is 0 Å². The van der Waals surface area contributed by atoms with E-state index in [1.807, 2.05) is 0 Å². The van der Waals surface area contributed by atoms with Gasteiger partial charge in [-0.1, -0.05) is 0 Å². The van der Waals surface area contributed by atoms with Crippen LogP contribution in [0.15, 0.2) is 12.3 Å². The van der Waals surface area contributed by atoms with Crippen LogP contribution >= 0.6 is 0 Å². The number of pyridine rings is 1. The Morgan fingerprint density at radius 2 is 2.17 bits per heavy atom. The summed E-state index contributed by atoms with van der Waals surface area (Å²) >= 11 is 0. The molecule has 1 heterocycles. The summed E-state index contributed by atoms with van der Waals surface area (Å²) in [6, 6.07) is 1.66. The molecule has 4 heteroatoms. The molecule has 0 saturated heterocycles. The van der Waals surface area contributed by atoms with E-state index in [9.17, 15) is 0 Å². The van der Waals surface area contributed by atoms with E-state index in [0.717, 1.165) is 12.8 Å². The van der Waals surface area contributed by atoms with Crippen molar-refractivity contribution in [1.29, 1.82) is 0 Å². The summed E-state index contributed by atoms with van der Waals surface area (Å²) in [7, 11) is 0. The molecule has 0 bridgehead atoms. The van der Waals surface area contributed by atoms with E-state index in [1.165, 1.54) is 6.20 Å². The average molecular weight is 165 g/mol. The third-order valence-electron chi connectivity index (χ3n) is 1.73. The van der Waals surface area contributed by atoms with Crippen LogP contribution < -0.4 is 16.2 Å². The Bertz CT molecular complexity index is 296. The molecule has 1 saturated carbocycles. The van der Waals surface area contributed by atoms with E-state index < -0.39 is 0 Å². The van der Waals surface area contributed by atoms with Gasteiger partial charge in [-0.25, -0.2) is 4.98 Å². The van der Waals surface area contributed by atoms with Crippen LogP contribution in [0.3, 0.4) is 0 Å². The summed E-state index contributed by atoms with van der Waals surface area (Å²) in [4.78, 5) is 3.84. The summed E-state index contributed by atoms with van der Waals surface area (Å²) in [6.07, 6.45) is 4.09. The Kier molecular flexibility index (Phi) is 1.53. The second kappa shape index (κ2) is 2.55. The quantitative estimate of drug-likeness (QED) is 0.679. The SMILES string of the molecule is Nc1cc(OC2CC2)c(N)cn1. The molecule has 1 aromatic rings. The molecule has 1 aromatic heterocycles. The van der Waals surface area contributed by atoms with E-state index in [-0.39, 0.29) is 0 Å². The van der Waals surface area contributed by atoms with Crippen molar-refractivity contribution in [1.82, 2.24) is 4.98 Å². The summed E-state index contributed by atoms with van der Waals surface area (Å²) in [5.74, 6) is 1.10. The molecule has 0 unspecified atom stereocenters. The highest BCUT2D eigenvalue weighted by atomic mass is 16.5. The minimum Gasteiger partial charge on any atom is -0.488 e. The van der Waals surface area contributed by atoms with Gasteiger partial charge in [0, 0.05) is 6.07 Å². The fourth-order valence-electron chi connectivity index (χ4n) is 0.930. The molecule has 0 amide bonds. The van der Waals surface area contributed by atoms with Crippen molar-refractivity contribution in [3.63, 3.8) is 0 Å². The Labute approximate surface area is 70.5 Å². The smallest absolute Gasteiger partial charge is 0.147 e. The summed E-state index contributed by atoms with van der Waals surface area (Å²) in [5.41, 5.74) is 11.7. The maximum Gasteiger partial charge on any atom is 0.147 e. The lowest BCUT2D eigenvalue weighted by molar-refractivity contribution is 0.305. The van der Waals surface area contributed by atoms with Crippen molar-refractivity contribution >= 4 is 11.5 Å². The van der Waals surface area contributed by atoms with Crippen LogP contribution in [0.25, 0.3) is 0 Å². The second-order valence-corrected chi connectivity index (χ2v) is 2.96. The van der Waals surface area contributed by atoms with E-state index >= 15 is 0 Å². The van der Waals surface area contributed by atoms with Crippen LogP contribution in [0.1, 0.15) is 12.8 Å². The van der Waals surface area contributed by atoms with Crippen molar-refractivity contribution in [2.75, 3.05) is 11.5 Å². The Morgan fingerprint density at radius 3 is 2.83 bits per heavy atom. The van der Waals surface area contributed by atoms with Crippen LogP contribution in [0.4, 0.5) is 11.5 Å². The minimum atomic E-state index is 0.342. The molecule has 0 aliphatic heterocycles. The van der Waals surface area contributed by atoms with E-state index in [2.05, 4.69) is 4.98 Å². The lowest BCUT2D eigenvalue weighted by Crippen LogP contribution is -2.01. The molecular weight excluding hydrogens is 154 g/mol. The van der Waals surface area contributed by atoms with Gasteiger partial charge in [0.15, 0.2) is 0 Å². The maximum absolute atomic E-state index is 5.62. The van der Waals surface area contributed by atoms with Crippen molar-refractivity contribution in [3.05, 3.63) is 12.3 Å². The van der Waals surface area contributed by atoms with Crippen LogP contribution in [0.2, 0.25) is 0 Å². The van der Waals surface area contributed by atoms with Crippen molar-refractivity contribution < 1.29 is 4.74 Å². The predicted octanol–water partition coefficient (Wildman–Crippen LogP) is 0.787. The van der Waals surface area contributed by atoms with Gasteiger partial charge in [0.25, 0.3) is 0 Å². The zero-order chi connectivity index (χ0) is 8.55. The van der Waals surface area contributed by atoms with E-state index in [4.69, 9.17) is 16.2 Å². The summed E-state index contributed by atoms with van der Waals surface area (Å²) < 4.78 is 5.49. The predicted molar refractivity (Wildman–Crippen MR) is 46.7 cm³/mol. The van der Waals surface area contributed by atoms with Crippen LogP contribution in [-0.2, 0) is 0 Å². The molecule has 1 aliphatic carbocycles. The lowest BCUT2D eigenvalue weighted by Gasteiger charge is -2.06. The number of hydrogen-bond acceptors (Lipinski definition) is 4. The first-order chi connectivity index (χ1) is 5.75. The van der Waals surface area contributed by atoms with Gasteiger partial charge in [-0.3, -0.25) is 0 Å². The molecule has 0 aromatic carbocycles. The second-order valence-electron chi connectivity index (χ2n) is 2.96. The standard InChI is InChI=1S/C8H11N3O/c9-6-4-11-8(10)3-7(6)12-5-1-2-5/h3-5H,1-2,9H2,(H2,10,11). The Balaban J connectivity index is 2.21. The first-order valence-corrected chi connectivity index (χ1v) is 3.93. The molecule has 12 heavy (non-hydrogen) atoms. The zero-order valence-electron chi connectivity index (χ0n) is 6.66. The first kappa shape index (κ1) is 7.21. The molecule has 1 aliphatic rings. The molecule has 2 rings (SSSR count). The highest BCUT2D eigenvalue weighted by molar-refractivity contribution is 5.55. The number of nitrogens with zero attached hydrogens (tertiary/aromatic N) is 1. The largest absolute Gasteiger partial charge is 0.488 e. The molecule has 0 spiro atoms. The van der Waals surface area contributed by atoms with Gasteiger partial charge in [-0.15, -0.1) is 0 Å². The van der Waals surface area contributed by atoms with Gasteiger partial charge >= 0.3 is 0 Å². The number of rotatable bonds is 2. The topological polar surface area (TPSA) is 74.2 Å². The Hall–Kier alpha value is -1.45. The summed E-state index contributed by atoms with van der Waals surface area (Å²) in [6.45, 7) is 0. The lowest BCUT2D eigenvalue weighted by atomic mass is 10.4. The van der Waals surface area contributed by atoms with Gasteiger partial charge in [0.05, 0.1) is 18.0 Å². The van der Waals surface area contributed by atoms with Gasteiger partial charge in [0.1, 0.15) is 11.6 Å². The van der Waals surface area contributed by atoms with Crippen molar-refractivity contribution in [3.8, 4) is 5.75 Å². The number of nitrogens with two attached hydrogens (primary N) is 2. The molecular formula is C8H11N3O. The van der Waals surface area contributed by atoms with Crippen molar-refractivity contribution in [2.45, 2.75) is 18.9 Å². The molecule has 64 valence electrons. The number of nitrogen functional groups attached to an aromatic ring is 2. The first-order valence-electron chi connectivity index (χ1n) is 3.93. The fourth-order valence-corrected chi connectivity index (χ4v) is 0.930. The number of aromatic nitrogens is 1.